The molecule has 3 rings (SSSR count). The van der Waals surface area contributed by atoms with Crippen molar-refractivity contribution in [3.8, 4) is 0 Å². The molecule has 0 aliphatic carbocycles. The highest BCUT2D eigenvalue weighted by Gasteiger charge is 2.16. The number of aromatic nitrogens is 2. The van der Waals surface area contributed by atoms with Crippen LogP contribution in [0.15, 0.2) is 30.5 Å². The van der Waals surface area contributed by atoms with E-state index in [1.165, 1.54) is 0 Å². The third kappa shape index (κ3) is 5.07. The summed E-state index contributed by atoms with van der Waals surface area (Å²) in [6.45, 7) is 3.64. The molecular weight excluding hydrogens is 346 g/mol. The Bertz CT molecular complexity index is 794. The molecule has 0 radical (unpaired) electrons. The van der Waals surface area contributed by atoms with Gasteiger partial charge in [-0.3, -0.25) is 9.48 Å². The Labute approximate surface area is 158 Å². The minimum Gasteiger partial charge on any atom is -0.376 e. The number of amides is 3. The Hall–Kier alpha value is -2.87. The minimum atomic E-state index is -0.311. The zero-order chi connectivity index (χ0) is 19.2. The van der Waals surface area contributed by atoms with Crippen LogP contribution in [0.3, 0.4) is 0 Å². The topological polar surface area (TPSA) is 97.3 Å². The fourth-order valence-electron chi connectivity index (χ4n) is 2.89. The SMILES string of the molecule is Cc1c(CNC(=O)Nc2ccc(C(=O)NC[C@H]3CCCO3)cc2)cnn1C. The van der Waals surface area contributed by atoms with Crippen molar-refractivity contribution in [3.63, 3.8) is 0 Å². The van der Waals surface area contributed by atoms with Crippen LogP contribution in [0.1, 0.15) is 34.5 Å². The molecule has 8 heteroatoms. The average Bonchev–Trinajstić information content (AvgIpc) is 3.30. The van der Waals surface area contributed by atoms with Gasteiger partial charge < -0.3 is 20.7 Å². The fraction of sp³-hybridized carbons (Fsp3) is 0.421. The van der Waals surface area contributed by atoms with Crippen molar-refractivity contribution in [2.75, 3.05) is 18.5 Å². The number of carbonyl (C=O) groups is 2. The number of nitrogens with one attached hydrogen (secondary N) is 3. The highest BCUT2D eigenvalue weighted by atomic mass is 16.5. The Morgan fingerprint density at radius 2 is 2.04 bits per heavy atom. The van der Waals surface area contributed by atoms with Crippen LogP contribution in [0, 0.1) is 6.92 Å². The number of ether oxygens (including phenoxy) is 1. The molecule has 1 saturated heterocycles. The third-order valence-electron chi connectivity index (χ3n) is 4.70. The summed E-state index contributed by atoms with van der Waals surface area (Å²) in [6, 6.07) is 6.47. The number of hydrogen-bond donors (Lipinski definition) is 3. The van der Waals surface area contributed by atoms with Crippen molar-refractivity contribution in [1.82, 2.24) is 20.4 Å². The predicted octanol–water partition coefficient (Wildman–Crippen LogP) is 1.96. The molecular formula is C19H25N5O3. The zero-order valence-corrected chi connectivity index (χ0v) is 15.6. The van der Waals surface area contributed by atoms with E-state index in [1.807, 2.05) is 14.0 Å². The van der Waals surface area contributed by atoms with Gasteiger partial charge in [0.05, 0.1) is 12.3 Å². The van der Waals surface area contributed by atoms with Gasteiger partial charge in [0.2, 0.25) is 0 Å². The van der Waals surface area contributed by atoms with Gasteiger partial charge in [0.25, 0.3) is 5.91 Å². The van der Waals surface area contributed by atoms with Crippen molar-refractivity contribution >= 4 is 17.6 Å². The first kappa shape index (κ1) is 18.9. The molecule has 3 amide bonds. The lowest BCUT2D eigenvalue weighted by Gasteiger charge is -2.11. The minimum absolute atomic E-state index is 0.113. The van der Waals surface area contributed by atoms with Gasteiger partial charge >= 0.3 is 6.03 Å². The number of carbonyl (C=O) groups excluding carboxylic acids is 2. The lowest BCUT2D eigenvalue weighted by atomic mass is 10.2. The lowest BCUT2D eigenvalue weighted by molar-refractivity contribution is 0.0858. The van der Waals surface area contributed by atoms with Gasteiger partial charge in [-0.15, -0.1) is 0 Å². The molecule has 144 valence electrons. The van der Waals surface area contributed by atoms with Gasteiger partial charge in [0.15, 0.2) is 0 Å². The third-order valence-corrected chi connectivity index (χ3v) is 4.70. The van der Waals surface area contributed by atoms with Gasteiger partial charge in [-0.05, 0) is 44.0 Å². The molecule has 1 aromatic carbocycles. The van der Waals surface area contributed by atoms with Crippen LogP contribution < -0.4 is 16.0 Å². The highest BCUT2D eigenvalue weighted by Crippen LogP contribution is 2.12. The van der Waals surface area contributed by atoms with Crippen molar-refractivity contribution in [1.29, 1.82) is 0 Å². The Morgan fingerprint density at radius 1 is 1.26 bits per heavy atom. The standard InChI is InChI=1S/C19H25N5O3/c1-13-15(11-22-24(13)2)10-21-19(26)23-16-7-5-14(6-8-16)18(25)20-12-17-4-3-9-27-17/h5-8,11,17H,3-4,9-10,12H2,1-2H3,(H,20,25)(H2,21,23,26)/t17-/m1/s1. The van der Waals surface area contributed by atoms with Crippen LogP contribution in [0.2, 0.25) is 0 Å². The maximum absolute atomic E-state index is 12.2. The molecule has 8 nitrogen and oxygen atoms in total. The summed E-state index contributed by atoms with van der Waals surface area (Å²) in [4.78, 5) is 24.2. The van der Waals surface area contributed by atoms with E-state index in [0.29, 0.717) is 24.3 Å². The molecule has 1 fully saturated rings. The first-order chi connectivity index (χ1) is 13.0. The maximum Gasteiger partial charge on any atom is 0.319 e. The quantitative estimate of drug-likeness (QED) is 0.723. The number of benzene rings is 1. The van der Waals surface area contributed by atoms with Gasteiger partial charge in [-0.25, -0.2) is 4.79 Å². The van der Waals surface area contributed by atoms with Crippen LogP contribution in [0.25, 0.3) is 0 Å². The largest absolute Gasteiger partial charge is 0.376 e. The molecule has 0 spiro atoms. The van der Waals surface area contributed by atoms with Crippen molar-refractivity contribution in [3.05, 3.63) is 47.3 Å². The molecule has 1 aliphatic rings. The molecule has 1 atom stereocenters. The molecule has 0 unspecified atom stereocenters. The first-order valence-electron chi connectivity index (χ1n) is 9.05. The van der Waals surface area contributed by atoms with E-state index in [0.717, 1.165) is 30.7 Å². The second-order valence-electron chi connectivity index (χ2n) is 6.61. The molecule has 1 aromatic heterocycles. The van der Waals surface area contributed by atoms with Crippen LogP contribution in [-0.2, 0) is 18.3 Å². The number of nitrogens with zero attached hydrogens (tertiary/aromatic N) is 2. The summed E-state index contributed by atoms with van der Waals surface area (Å²) in [5, 5.41) is 12.6. The van der Waals surface area contributed by atoms with Crippen molar-refractivity contribution in [2.24, 2.45) is 7.05 Å². The van der Waals surface area contributed by atoms with Gasteiger partial charge in [0, 0.05) is 49.3 Å². The summed E-state index contributed by atoms with van der Waals surface area (Å²) < 4.78 is 7.25. The number of rotatable bonds is 6. The van der Waals surface area contributed by atoms with Crippen LogP contribution in [0.4, 0.5) is 10.5 Å². The Morgan fingerprint density at radius 3 is 2.67 bits per heavy atom. The number of anilines is 1. The first-order valence-corrected chi connectivity index (χ1v) is 9.05. The van der Waals surface area contributed by atoms with Crippen molar-refractivity contribution in [2.45, 2.75) is 32.4 Å². The molecule has 27 heavy (non-hydrogen) atoms. The average molecular weight is 371 g/mol. The van der Waals surface area contributed by atoms with E-state index >= 15 is 0 Å². The molecule has 0 saturated carbocycles. The summed E-state index contributed by atoms with van der Waals surface area (Å²) in [7, 11) is 1.86. The van der Waals surface area contributed by atoms with Gasteiger partial charge in [-0.2, -0.15) is 5.10 Å². The molecule has 3 N–H and O–H groups in total. The van der Waals surface area contributed by atoms with E-state index in [1.54, 1.807) is 35.1 Å². The summed E-state index contributed by atoms with van der Waals surface area (Å²) in [6.07, 6.45) is 3.88. The lowest BCUT2D eigenvalue weighted by Crippen LogP contribution is -2.31. The van der Waals surface area contributed by atoms with E-state index < -0.39 is 0 Å². The monoisotopic (exact) mass is 371 g/mol. The van der Waals surface area contributed by atoms with Crippen LogP contribution in [0.5, 0.6) is 0 Å². The fourth-order valence-corrected chi connectivity index (χ4v) is 2.89. The second-order valence-corrected chi connectivity index (χ2v) is 6.61. The highest BCUT2D eigenvalue weighted by molar-refractivity contribution is 5.95. The van der Waals surface area contributed by atoms with E-state index in [2.05, 4.69) is 21.0 Å². The molecule has 2 heterocycles. The number of urea groups is 1. The van der Waals surface area contributed by atoms with E-state index in [-0.39, 0.29) is 18.0 Å². The summed E-state index contributed by atoms with van der Waals surface area (Å²) in [5.74, 6) is -0.145. The maximum atomic E-state index is 12.2. The Kier molecular flexibility index (Phi) is 6.08. The molecule has 1 aliphatic heterocycles. The Balaban J connectivity index is 1.45. The van der Waals surface area contributed by atoms with Gasteiger partial charge in [0.1, 0.15) is 0 Å². The molecule has 2 aromatic rings. The van der Waals surface area contributed by atoms with Crippen molar-refractivity contribution < 1.29 is 14.3 Å². The van der Waals surface area contributed by atoms with Crippen LogP contribution >= 0.6 is 0 Å². The zero-order valence-electron chi connectivity index (χ0n) is 15.6. The second kappa shape index (κ2) is 8.68. The predicted molar refractivity (Wildman–Crippen MR) is 102 cm³/mol. The van der Waals surface area contributed by atoms with E-state index in [9.17, 15) is 9.59 Å². The smallest absolute Gasteiger partial charge is 0.319 e. The molecule has 0 bridgehead atoms. The normalized spacial score (nSPS) is 16.1. The van der Waals surface area contributed by atoms with E-state index in [4.69, 9.17) is 4.74 Å². The summed E-state index contributed by atoms with van der Waals surface area (Å²) in [5.41, 5.74) is 3.13. The van der Waals surface area contributed by atoms with Crippen LogP contribution in [-0.4, -0.2) is 41.0 Å². The van der Waals surface area contributed by atoms with Gasteiger partial charge in [-0.1, -0.05) is 0 Å². The number of aryl methyl sites for hydroxylation is 1. The summed E-state index contributed by atoms with van der Waals surface area (Å²) >= 11 is 0. The number of hydrogen-bond acceptors (Lipinski definition) is 4.